The van der Waals surface area contributed by atoms with Crippen LogP contribution in [0, 0.1) is 19.8 Å². The van der Waals surface area contributed by atoms with Crippen LogP contribution in [-0.4, -0.2) is 20.8 Å². The van der Waals surface area contributed by atoms with Crippen LogP contribution >= 0.6 is 0 Å². The van der Waals surface area contributed by atoms with E-state index in [0.717, 1.165) is 24.5 Å². The Morgan fingerprint density at radius 3 is 2.56 bits per heavy atom. The van der Waals surface area contributed by atoms with Crippen molar-refractivity contribution in [2.75, 3.05) is 20.8 Å². The van der Waals surface area contributed by atoms with E-state index < -0.39 is 0 Å². The second-order valence-corrected chi connectivity index (χ2v) is 4.39. The van der Waals surface area contributed by atoms with Crippen molar-refractivity contribution < 1.29 is 9.15 Å². The molecule has 0 aromatic carbocycles. The molecule has 0 spiro atoms. The van der Waals surface area contributed by atoms with Gasteiger partial charge in [-0.2, -0.15) is 0 Å². The first-order valence-electron chi connectivity index (χ1n) is 5.83. The average molecular weight is 225 g/mol. The summed E-state index contributed by atoms with van der Waals surface area (Å²) in [6.45, 7) is 7.05. The molecule has 0 bridgehead atoms. The number of rotatable bonds is 6. The lowest BCUT2D eigenvalue weighted by molar-refractivity contribution is 0.171. The van der Waals surface area contributed by atoms with Crippen molar-refractivity contribution in [1.29, 1.82) is 0 Å². The maximum absolute atomic E-state index is 5.58. The first-order valence-corrected chi connectivity index (χ1v) is 5.83. The maximum Gasteiger partial charge on any atom is 0.105 e. The number of hydrogen-bond acceptors (Lipinski definition) is 3. The summed E-state index contributed by atoms with van der Waals surface area (Å²) in [5, 5.41) is 3.37. The second-order valence-electron chi connectivity index (χ2n) is 4.39. The lowest BCUT2D eigenvalue weighted by Crippen LogP contribution is -2.24. The summed E-state index contributed by atoms with van der Waals surface area (Å²) in [7, 11) is 3.74. The van der Waals surface area contributed by atoms with Gasteiger partial charge in [-0.05, 0) is 39.3 Å². The van der Waals surface area contributed by atoms with E-state index in [1.54, 1.807) is 7.11 Å². The molecule has 1 N–H and O–H groups in total. The summed E-state index contributed by atoms with van der Waals surface area (Å²) in [5.41, 5.74) is 1.27. The second kappa shape index (κ2) is 6.06. The molecule has 0 aliphatic carbocycles. The summed E-state index contributed by atoms with van der Waals surface area (Å²) >= 11 is 0. The molecule has 2 unspecified atom stereocenters. The van der Waals surface area contributed by atoms with Crippen molar-refractivity contribution in [2.45, 2.75) is 33.2 Å². The molecule has 2 atom stereocenters. The zero-order valence-corrected chi connectivity index (χ0v) is 11.0. The Bertz CT molecular complexity index is 320. The van der Waals surface area contributed by atoms with E-state index in [9.17, 15) is 0 Å². The van der Waals surface area contributed by atoms with Crippen LogP contribution in [0.4, 0.5) is 0 Å². The van der Waals surface area contributed by atoms with Crippen LogP contribution < -0.4 is 5.32 Å². The van der Waals surface area contributed by atoms with Gasteiger partial charge in [0.1, 0.15) is 11.5 Å². The highest BCUT2D eigenvalue weighted by Crippen LogP contribution is 2.28. The summed E-state index contributed by atoms with van der Waals surface area (Å²) in [6, 6.07) is 2.47. The normalized spacial score (nSPS) is 15.1. The quantitative estimate of drug-likeness (QED) is 0.808. The minimum Gasteiger partial charge on any atom is -0.466 e. The number of furan rings is 1. The van der Waals surface area contributed by atoms with Gasteiger partial charge in [-0.15, -0.1) is 0 Å². The molecule has 0 aliphatic heterocycles. The van der Waals surface area contributed by atoms with E-state index in [4.69, 9.17) is 9.15 Å². The molecule has 0 saturated heterocycles. The molecular formula is C13H23NO2. The van der Waals surface area contributed by atoms with E-state index in [-0.39, 0.29) is 0 Å². The van der Waals surface area contributed by atoms with Gasteiger partial charge in [0, 0.05) is 25.3 Å². The summed E-state index contributed by atoms with van der Waals surface area (Å²) in [5.74, 6) is 2.52. The van der Waals surface area contributed by atoms with Crippen LogP contribution in [0.3, 0.4) is 0 Å². The highest BCUT2D eigenvalue weighted by molar-refractivity contribution is 5.24. The largest absolute Gasteiger partial charge is 0.466 e. The molecule has 3 nitrogen and oxygen atoms in total. The molecule has 0 aliphatic rings. The third-order valence-electron chi connectivity index (χ3n) is 3.07. The summed E-state index contributed by atoms with van der Waals surface area (Å²) in [4.78, 5) is 0. The lowest BCUT2D eigenvalue weighted by Gasteiger charge is -2.23. The van der Waals surface area contributed by atoms with Gasteiger partial charge < -0.3 is 14.5 Å². The third-order valence-corrected chi connectivity index (χ3v) is 3.07. The standard InChI is InChI=1S/C13H23NO2/c1-9(6-7-15-5)13(14-4)12-8-10(2)16-11(12)3/h8-9,13-14H,6-7H2,1-5H3. The van der Waals surface area contributed by atoms with Crippen molar-refractivity contribution >= 4 is 0 Å². The molecule has 0 radical (unpaired) electrons. The Morgan fingerprint density at radius 1 is 1.44 bits per heavy atom. The first-order chi connectivity index (χ1) is 7.60. The number of aryl methyl sites for hydroxylation is 2. The molecule has 1 rings (SSSR count). The molecule has 3 heteroatoms. The molecule has 1 aromatic heterocycles. The topological polar surface area (TPSA) is 34.4 Å². The molecule has 0 amide bonds. The first kappa shape index (κ1) is 13.3. The van der Waals surface area contributed by atoms with E-state index in [1.807, 2.05) is 20.9 Å². The lowest BCUT2D eigenvalue weighted by atomic mass is 9.92. The Morgan fingerprint density at radius 2 is 2.12 bits per heavy atom. The highest BCUT2D eigenvalue weighted by Gasteiger charge is 2.21. The zero-order chi connectivity index (χ0) is 12.1. The predicted octanol–water partition coefficient (Wildman–Crippen LogP) is 2.83. The molecule has 1 heterocycles. The number of ether oxygens (including phenoxy) is 1. The van der Waals surface area contributed by atoms with Gasteiger partial charge in [-0.25, -0.2) is 0 Å². The monoisotopic (exact) mass is 225 g/mol. The van der Waals surface area contributed by atoms with Gasteiger partial charge in [0.15, 0.2) is 0 Å². The Hall–Kier alpha value is -0.800. The minimum atomic E-state index is 0.340. The van der Waals surface area contributed by atoms with Gasteiger partial charge >= 0.3 is 0 Å². The van der Waals surface area contributed by atoms with Crippen molar-refractivity contribution in [1.82, 2.24) is 5.32 Å². The van der Waals surface area contributed by atoms with E-state index >= 15 is 0 Å². The van der Waals surface area contributed by atoms with Crippen molar-refractivity contribution in [2.24, 2.45) is 5.92 Å². The Balaban J connectivity index is 2.77. The van der Waals surface area contributed by atoms with E-state index in [0.29, 0.717) is 12.0 Å². The third kappa shape index (κ3) is 3.09. The molecular weight excluding hydrogens is 202 g/mol. The van der Waals surface area contributed by atoms with Crippen LogP contribution in [0.25, 0.3) is 0 Å². The molecule has 1 aromatic rings. The minimum absolute atomic E-state index is 0.340. The van der Waals surface area contributed by atoms with Gasteiger partial charge in [-0.1, -0.05) is 6.92 Å². The number of methoxy groups -OCH3 is 1. The van der Waals surface area contributed by atoms with Gasteiger partial charge in [0.25, 0.3) is 0 Å². The summed E-state index contributed by atoms with van der Waals surface area (Å²) < 4.78 is 10.7. The highest BCUT2D eigenvalue weighted by atomic mass is 16.5. The van der Waals surface area contributed by atoms with Gasteiger partial charge in [-0.3, -0.25) is 0 Å². The molecule has 92 valence electrons. The van der Waals surface area contributed by atoms with Crippen LogP contribution in [0.15, 0.2) is 10.5 Å². The molecule has 16 heavy (non-hydrogen) atoms. The van der Waals surface area contributed by atoms with Gasteiger partial charge in [0.05, 0.1) is 0 Å². The number of nitrogens with one attached hydrogen (secondary N) is 1. The van der Waals surface area contributed by atoms with Crippen molar-refractivity contribution in [3.05, 3.63) is 23.2 Å². The fourth-order valence-corrected chi connectivity index (χ4v) is 2.18. The van der Waals surface area contributed by atoms with Crippen LogP contribution in [0.1, 0.15) is 36.5 Å². The molecule has 0 fully saturated rings. The smallest absolute Gasteiger partial charge is 0.105 e. The fourth-order valence-electron chi connectivity index (χ4n) is 2.18. The van der Waals surface area contributed by atoms with Crippen LogP contribution in [-0.2, 0) is 4.74 Å². The van der Waals surface area contributed by atoms with Crippen molar-refractivity contribution in [3.63, 3.8) is 0 Å². The maximum atomic E-state index is 5.58. The fraction of sp³-hybridized carbons (Fsp3) is 0.692. The van der Waals surface area contributed by atoms with Crippen molar-refractivity contribution in [3.8, 4) is 0 Å². The zero-order valence-electron chi connectivity index (χ0n) is 11.0. The van der Waals surface area contributed by atoms with E-state index in [2.05, 4.69) is 18.3 Å². The van der Waals surface area contributed by atoms with Crippen LogP contribution in [0.5, 0.6) is 0 Å². The summed E-state index contributed by atoms with van der Waals surface area (Å²) in [6.07, 6.45) is 1.05. The van der Waals surface area contributed by atoms with E-state index in [1.165, 1.54) is 5.56 Å². The Labute approximate surface area is 98.2 Å². The SMILES string of the molecule is CNC(c1cc(C)oc1C)C(C)CCOC. The Kier molecular flexibility index (Phi) is 5.03. The predicted molar refractivity (Wildman–Crippen MR) is 65.6 cm³/mol. The average Bonchev–Trinajstić information content (AvgIpc) is 2.56. The molecule has 0 saturated carbocycles. The number of hydrogen-bond donors (Lipinski definition) is 1. The van der Waals surface area contributed by atoms with Gasteiger partial charge in [0.2, 0.25) is 0 Å². The van der Waals surface area contributed by atoms with Crippen LogP contribution in [0.2, 0.25) is 0 Å².